The molecule has 0 aliphatic carbocycles. The zero-order chi connectivity index (χ0) is 25.6. The van der Waals surface area contributed by atoms with E-state index in [0.29, 0.717) is 6.42 Å². The molecule has 6 aromatic rings. The Balaban J connectivity index is 1.18. The average molecular weight is 497 g/mol. The third-order valence-electron chi connectivity index (χ3n) is 7.90. The first kappa shape index (κ1) is 23.1. The topological polar surface area (TPSA) is 49.7 Å². The van der Waals surface area contributed by atoms with Gasteiger partial charge in [0.15, 0.2) is 0 Å². The molecule has 1 heterocycles. The quantitative estimate of drug-likeness (QED) is 0.263. The number of aliphatic hydroxyl groups excluding tert-OH is 2. The summed E-state index contributed by atoms with van der Waals surface area (Å²) in [5, 5.41) is 26.8. The molecule has 186 valence electrons. The predicted molar refractivity (Wildman–Crippen MR) is 155 cm³/mol. The van der Waals surface area contributed by atoms with Gasteiger partial charge in [-0.3, -0.25) is 0 Å². The lowest BCUT2D eigenvalue weighted by atomic mass is 9.95. The molecule has 3 heteroatoms. The fraction of sp³-hybridized carbons (Fsp3) is 0.143. The number of fused-ring (bicyclic) bond motifs is 3. The summed E-state index contributed by atoms with van der Waals surface area (Å²) < 4.78 is 5.85. The maximum atomic E-state index is 10.1. The molecule has 1 aliphatic heterocycles. The van der Waals surface area contributed by atoms with E-state index in [2.05, 4.69) is 115 Å². The van der Waals surface area contributed by atoms with Gasteiger partial charge in [-0.1, -0.05) is 84.9 Å². The Hall–Kier alpha value is -4.02. The summed E-state index contributed by atoms with van der Waals surface area (Å²) >= 11 is 0. The number of benzene rings is 6. The second-order valence-corrected chi connectivity index (χ2v) is 10.3. The van der Waals surface area contributed by atoms with E-state index in [-0.39, 0.29) is 12.7 Å². The number of hydrogen-bond donors (Lipinski definition) is 2. The molecule has 0 saturated carbocycles. The van der Waals surface area contributed by atoms with Crippen LogP contribution in [-0.2, 0) is 4.74 Å². The van der Waals surface area contributed by atoms with E-state index < -0.39 is 12.2 Å². The number of hydrogen-bond acceptors (Lipinski definition) is 3. The van der Waals surface area contributed by atoms with Crippen molar-refractivity contribution in [2.45, 2.75) is 24.7 Å². The van der Waals surface area contributed by atoms with Crippen molar-refractivity contribution in [2.75, 3.05) is 6.61 Å². The molecular weight excluding hydrogens is 468 g/mol. The van der Waals surface area contributed by atoms with Crippen molar-refractivity contribution in [1.29, 1.82) is 0 Å². The second kappa shape index (κ2) is 9.38. The Morgan fingerprint density at radius 1 is 0.553 bits per heavy atom. The van der Waals surface area contributed by atoms with E-state index in [0.717, 1.165) is 16.3 Å². The molecule has 0 amide bonds. The van der Waals surface area contributed by atoms with Gasteiger partial charge in [0.05, 0.1) is 18.8 Å². The van der Waals surface area contributed by atoms with Gasteiger partial charge in [-0.25, -0.2) is 0 Å². The number of aliphatic hydroxyl groups is 2. The fourth-order valence-corrected chi connectivity index (χ4v) is 5.73. The van der Waals surface area contributed by atoms with Crippen molar-refractivity contribution in [2.24, 2.45) is 0 Å². The standard InChI is InChI=1S/C35H28O3/c36-21-35-33(37)20-34(38-35)32-14-13-30-18-29(11-12-31(30)19-32)28-10-9-26-16-25(7-8-27(26)17-28)24-6-5-22-3-1-2-4-23(22)15-24/h1-19,33-37H,20-21H2/t33?,34-,35+/m0/s1. The van der Waals surface area contributed by atoms with Crippen LogP contribution in [0.1, 0.15) is 18.1 Å². The van der Waals surface area contributed by atoms with Crippen molar-refractivity contribution < 1.29 is 14.9 Å². The molecule has 0 bridgehead atoms. The molecule has 1 fully saturated rings. The molecular formula is C35H28O3. The summed E-state index contributed by atoms with van der Waals surface area (Å²) in [5.74, 6) is 0. The van der Waals surface area contributed by atoms with E-state index in [1.807, 2.05) is 0 Å². The summed E-state index contributed by atoms with van der Waals surface area (Å²) in [5.41, 5.74) is 5.86. The lowest BCUT2D eigenvalue weighted by Crippen LogP contribution is -2.24. The molecule has 0 spiro atoms. The maximum Gasteiger partial charge on any atom is 0.107 e. The van der Waals surface area contributed by atoms with Crippen LogP contribution in [-0.4, -0.2) is 29.0 Å². The average Bonchev–Trinajstić information content (AvgIpc) is 3.36. The highest BCUT2D eigenvalue weighted by atomic mass is 16.5. The van der Waals surface area contributed by atoms with Gasteiger partial charge < -0.3 is 14.9 Å². The minimum Gasteiger partial charge on any atom is -0.394 e. The predicted octanol–water partition coefficient (Wildman–Crippen LogP) is 7.66. The van der Waals surface area contributed by atoms with Crippen LogP contribution in [0.15, 0.2) is 115 Å². The maximum absolute atomic E-state index is 10.1. The van der Waals surface area contributed by atoms with E-state index in [1.54, 1.807) is 0 Å². The van der Waals surface area contributed by atoms with Gasteiger partial charge in [-0.15, -0.1) is 0 Å². The van der Waals surface area contributed by atoms with Crippen LogP contribution in [0.2, 0.25) is 0 Å². The van der Waals surface area contributed by atoms with Gasteiger partial charge in [0.2, 0.25) is 0 Å². The molecule has 6 aromatic carbocycles. The highest BCUT2D eigenvalue weighted by Gasteiger charge is 2.34. The Bertz CT molecular complexity index is 1800. The van der Waals surface area contributed by atoms with Crippen LogP contribution >= 0.6 is 0 Å². The Morgan fingerprint density at radius 2 is 1.00 bits per heavy atom. The van der Waals surface area contributed by atoms with E-state index >= 15 is 0 Å². The molecule has 3 atom stereocenters. The van der Waals surface area contributed by atoms with Gasteiger partial charge in [0.25, 0.3) is 0 Å². The molecule has 38 heavy (non-hydrogen) atoms. The lowest BCUT2D eigenvalue weighted by Gasteiger charge is -2.13. The summed E-state index contributed by atoms with van der Waals surface area (Å²) in [6.07, 6.45) is -0.811. The summed E-state index contributed by atoms with van der Waals surface area (Å²) in [4.78, 5) is 0. The molecule has 1 unspecified atom stereocenters. The van der Waals surface area contributed by atoms with Gasteiger partial charge in [0.1, 0.15) is 6.10 Å². The minimum atomic E-state index is -0.625. The third-order valence-corrected chi connectivity index (χ3v) is 7.90. The molecule has 1 saturated heterocycles. The smallest absolute Gasteiger partial charge is 0.107 e. The van der Waals surface area contributed by atoms with E-state index in [1.165, 1.54) is 43.8 Å². The SMILES string of the molecule is OC[C@H]1O[C@H](c2ccc3cc(-c4ccc5cc(-c6ccc7ccccc7c6)ccc5c4)ccc3c2)CC1O. The number of ether oxygens (including phenoxy) is 1. The van der Waals surface area contributed by atoms with Crippen LogP contribution in [0.4, 0.5) is 0 Å². The first-order valence-electron chi connectivity index (χ1n) is 13.2. The van der Waals surface area contributed by atoms with Crippen molar-refractivity contribution in [3.63, 3.8) is 0 Å². The lowest BCUT2D eigenvalue weighted by molar-refractivity contribution is -0.0225. The molecule has 2 N–H and O–H groups in total. The van der Waals surface area contributed by atoms with Crippen molar-refractivity contribution in [3.8, 4) is 22.3 Å². The first-order chi connectivity index (χ1) is 18.6. The van der Waals surface area contributed by atoms with Crippen LogP contribution in [0.25, 0.3) is 54.6 Å². The van der Waals surface area contributed by atoms with Crippen molar-refractivity contribution in [1.82, 2.24) is 0 Å². The molecule has 1 aliphatic rings. The van der Waals surface area contributed by atoms with Gasteiger partial charge >= 0.3 is 0 Å². The van der Waals surface area contributed by atoms with Crippen LogP contribution in [0.3, 0.4) is 0 Å². The minimum absolute atomic E-state index is 0.162. The van der Waals surface area contributed by atoms with Crippen LogP contribution < -0.4 is 0 Å². The zero-order valence-electron chi connectivity index (χ0n) is 20.9. The van der Waals surface area contributed by atoms with Gasteiger partial charge in [-0.05, 0) is 90.5 Å². The highest BCUT2D eigenvalue weighted by Crippen LogP contribution is 2.36. The molecule has 7 rings (SSSR count). The fourth-order valence-electron chi connectivity index (χ4n) is 5.73. The van der Waals surface area contributed by atoms with Gasteiger partial charge in [-0.2, -0.15) is 0 Å². The Kier molecular flexibility index (Phi) is 5.70. The largest absolute Gasteiger partial charge is 0.394 e. The number of rotatable bonds is 4. The summed E-state index contributed by atoms with van der Waals surface area (Å²) in [6, 6.07) is 41.3. The van der Waals surface area contributed by atoms with Crippen molar-refractivity contribution in [3.05, 3.63) is 121 Å². The Morgan fingerprint density at radius 3 is 1.53 bits per heavy atom. The molecule has 0 aromatic heterocycles. The molecule has 0 radical (unpaired) electrons. The van der Waals surface area contributed by atoms with Crippen LogP contribution in [0, 0.1) is 0 Å². The van der Waals surface area contributed by atoms with Gasteiger partial charge in [0, 0.05) is 6.42 Å². The Labute approximate surface area is 221 Å². The molecule has 3 nitrogen and oxygen atoms in total. The second-order valence-electron chi connectivity index (χ2n) is 10.3. The first-order valence-corrected chi connectivity index (χ1v) is 13.2. The normalized spacial score (nSPS) is 19.5. The zero-order valence-corrected chi connectivity index (χ0v) is 20.9. The monoisotopic (exact) mass is 496 g/mol. The van der Waals surface area contributed by atoms with E-state index in [4.69, 9.17) is 4.74 Å². The summed E-state index contributed by atoms with van der Waals surface area (Å²) in [6.45, 7) is -0.162. The summed E-state index contributed by atoms with van der Waals surface area (Å²) in [7, 11) is 0. The highest BCUT2D eigenvalue weighted by molar-refractivity contribution is 5.94. The van der Waals surface area contributed by atoms with Crippen LogP contribution in [0.5, 0.6) is 0 Å². The van der Waals surface area contributed by atoms with E-state index in [9.17, 15) is 10.2 Å². The third kappa shape index (κ3) is 4.15. The van der Waals surface area contributed by atoms with Crippen molar-refractivity contribution >= 4 is 32.3 Å².